The first-order valence-corrected chi connectivity index (χ1v) is 12.2. The van der Waals surface area contributed by atoms with E-state index in [0.717, 1.165) is 55.1 Å². The molecule has 4 nitrogen and oxygen atoms in total. The molecule has 5 rings (SSSR count). The van der Waals surface area contributed by atoms with Crippen molar-refractivity contribution in [1.29, 1.82) is 0 Å². The van der Waals surface area contributed by atoms with E-state index in [2.05, 4.69) is 34.5 Å². The molecule has 4 aromatic rings. The van der Waals surface area contributed by atoms with Crippen LogP contribution < -0.4 is 5.32 Å². The number of nitrogens with one attached hydrogen (secondary N) is 1. The summed E-state index contributed by atoms with van der Waals surface area (Å²) >= 11 is 0. The number of amides is 1. The van der Waals surface area contributed by atoms with Gasteiger partial charge in [-0.25, -0.2) is 4.39 Å². The van der Waals surface area contributed by atoms with E-state index in [9.17, 15) is 9.18 Å². The molecular weight excluding hydrogens is 437 g/mol. The van der Waals surface area contributed by atoms with Crippen LogP contribution in [-0.2, 0) is 6.54 Å². The van der Waals surface area contributed by atoms with Crippen LogP contribution in [0.5, 0.6) is 0 Å². The highest BCUT2D eigenvalue weighted by atomic mass is 19.1. The highest BCUT2D eigenvalue weighted by Crippen LogP contribution is 2.30. The summed E-state index contributed by atoms with van der Waals surface area (Å²) in [7, 11) is 0. The summed E-state index contributed by atoms with van der Waals surface area (Å²) in [4.78, 5) is 15.8. The fraction of sp³-hybridized carbons (Fsp3) is 0.233. The van der Waals surface area contributed by atoms with Gasteiger partial charge in [-0.2, -0.15) is 0 Å². The summed E-state index contributed by atoms with van der Waals surface area (Å²) in [5.41, 5.74) is 5.57. The van der Waals surface area contributed by atoms with E-state index in [1.54, 1.807) is 12.1 Å². The van der Waals surface area contributed by atoms with Crippen molar-refractivity contribution in [2.45, 2.75) is 32.4 Å². The van der Waals surface area contributed by atoms with Crippen LogP contribution in [0.15, 0.2) is 91.0 Å². The molecule has 0 aliphatic carbocycles. The van der Waals surface area contributed by atoms with Crippen molar-refractivity contribution >= 4 is 5.91 Å². The van der Waals surface area contributed by atoms with Crippen molar-refractivity contribution in [3.63, 3.8) is 0 Å². The monoisotopic (exact) mass is 467 g/mol. The van der Waals surface area contributed by atoms with Gasteiger partial charge in [0.05, 0.1) is 11.3 Å². The number of hydrogen-bond acceptors (Lipinski definition) is 2. The zero-order valence-electron chi connectivity index (χ0n) is 20.0. The number of nitrogens with zero attached hydrogens (tertiary/aromatic N) is 2. The maximum absolute atomic E-state index is 13.6. The summed E-state index contributed by atoms with van der Waals surface area (Å²) in [5.74, 6) is -0.335. The maximum Gasteiger partial charge on any atom is 0.253 e. The van der Waals surface area contributed by atoms with E-state index in [-0.39, 0.29) is 17.8 Å². The van der Waals surface area contributed by atoms with E-state index in [1.807, 2.05) is 54.0 Å². The van der Waals surface area contributed by atoms with Crippen molar-refractivity contribution in [2.75, 3.05) is 13.1 Å². The second-order valence-electron chi connectivity index (χ2n) is 9.22. The van der Waals surface area contributed by atoms with E-state index in [1.165, 1.54) is 17.7 Å². The van der Waals surface area contributed by atoms with Crippen LogP contribution in [0.3, 0.4) is 0 Å². The Kier molecular flexibility index (Phi) is 6.77. The summed E-state index contributed by atoms with van der Waals surface area (Å²) in [6.45, 7) is 4.82. The lowest BCUT2D eigenvalue weighted by Gasteiger charge is -2.32. The highest BCUT2D eigenvalue weighted by Gasteiger charge is 2.24. The smallest absolute Gasteiger partial charge is 0.253 e. The number of rotatable bonds is 6. The molecule has 0 unspecified atom stereocenters. The number of halogens is 1. The van der Waals surface area contributed by atoms with Crippen molar-refractivity contribution in [1.82, 2.24) is 14.8 Å². The number of aromatic nitrogens is 1. The average Bonchev–Trinajstić information content (AvgIpc) is 3.24. The molecule has 1 saturated heterocycles. The summed E-state index contributed by atoms with van der Waals surface area (Å²) < 4.78 is 15.6. The predicted octanol–water partition coefficient (Wildman–Crippen LogP) is 5.99. The average molecular weight is 468 g/mol. The molecule has 0 spiro atoms. The molecule has 0 saturated carbocycles. The topological polar surface area (TPSA) is 37.3 Å². The number of piperidine rings is 1. The predicted molar refractivity (Wildman–Crippen MR) is 138 cm³/mol. The standard InChI is InChI=1S/C30H30FN3O/c1-22-28(30(35)32-26-16-18-33(19-17-26)21-23-8-4-2-5-9-23)20-29(24-10-6-3-7-11-24)34(22)27-14-12-25(31)13-15-27/h2-15,20,26H,16-19,21H2,1H3,(H,32,35). The van der Waals surface area contributed by atoms with Gasteiger partial charge in [0, 0.05) is 37.1 Å². The molecule has 35 heavy (non-hydrogen) atoms. The Balaban J connectivity index is 1.33. The number of hydrogen-bond donors (Lipinski definition) is 1. The molecule has 0 atom stereocenters. The SMILES string of the molecule is Cc1c(C(=O)NC2CCN(Cc3ccccc3)CC2)cc(-c2ccccc2)n1-c1ccc(F)cc1. The molecular formula is C30H30FN3O. The van der Waals surface area contributed by atoms with Crippen molar-refractivity contribution in [2.24, 2.45) is 0 Å². The van der Waals surface area contributed by atoms with E-state index in [0.29, 0.717) is 5.56 Å². The summed E-state index contributed by atoms with van der Waals surface area (Å²) in [5, 5.41) is 3.27. The van der Waals surface area contributed by atoms with E-state index < -0.39 is 0 Å². The first kappa shape index (κ1) is 23.1. The van der Waals surface area contributed by atoms with Crippen LogP contribution in [0.25, 0.3) is 16.9 Å². The zero-order valence-corrected chi connectivity index (χ0v) is 20.0. The van der Waals surface area contributed by atoms with Crippen LogP contribution in [0.2, 0.25) is 0 Å². The van der Waals surface area contributed by atoms with Crippen LogP contribution in [-0.4, -0.2) is 34.5 Å². The minimum Gasteiger partial charge on any atom is -0.349 e. The molecule has 2 heterocycles. The molecule has 0 radical (unpaired) electrons. The van der Waals surface area contributed by atoms with Gasteiger partial charge in [0.1, 0.15) is 5.82 Å². The molecule has 1 fully saturated rings. The minimum absolute atomic E-state index is 0.0537. The molecule has 1 aliphatic rings. The molecule has 5 heteroatoms. The van der Waals surface area contributed by atoms with Gasteiger partial charge in [0.2, 0.25) is 0 Å². The van der Waals surface area contributed by atoms with E-state index >= 15 is 0 Å². The number of carbonyl (C=O) groups is 1. The van der Waals surface area contributed by atoms with Gasteiger partial charge in [-0.05, 0) is 61.2 Å². The van der Waals surface area contributed by atoms with Crippen LogP contribution in [0, 0.1) is 12.7 Å². The normalized spacial score (nSPS) is 14.7. The second kappa shape index (κ2) is 10.3. The highest BCUT2D eigenvalue weighted by molar-refractivity contribution is 5.97. The lowest BCUT2D eigenvalue weighted by atomic mass is 10.0. The lowest BCUT2D eigenvalue weighted by Crippen LogP contribution is -2.44. The largest absolute Gasteiger partial charge is 0.349 e. The first-order valence-electron chi connectivity index (χ1n) is 12.2. The zero-order chi connectivity index (χ0) is 24.2. The van der Waals surface area contributed by atoms with Gasteiger partial charge < -0.3 is 9.88 Å². The van der Waals surface area contributed by atoms with Crippen LogP contribution in [0.4, 0.5) is 4.39 Å². The van der Waals surface area contributed by atoms with Crippen LogP contribution >= 0.6 is 0 Å². The summed E-state index contributed by atoms with van der Waals surface area (Å²) in [6.07, 6.45) is 1.86. The Bertz CT molecular complexity index is 1270. The van der Waals surface area contributed by atoms with E-state index in [4.69, 9.17) is 0 Å². The van der Waals surface area contributed by atoms with Crippen molar-refractivity contribution < 1.29 is 9.18 Å². The first-order chi connectivity index (χ1) is 17.1. The van der Waals surface area contributed by atoms with Crippen LogP contribution in [0.1, 0.15) is 34.5 Å². The van der Waals surface area contributed by atoms with Gasteiger partial charge in [-0.15, -0.1) is 0 Å². The number of benzene rings is 3. The van der Waals surface area contributed by atoms with Gasteiger partial charge in [-0.1, -0.05) is 60.7 Å². The molecule has 3 aromatic carbocycles. The van der Waals surface area contributed by atoms with Gasteiger partial charge in [0.15, 0.2) is 0 Å². The molecule has 1 N–H and O–H groups in total. The third-order valence-electron chi connectivity index (χ3n) is 6.82. The maximum atomic E-state index is 13.6. The third-order valence-corrected chi connectivity index (χ3v) is 6.82. The molecule has 1 amide bonds. The van der Waals surface area contributed by atoms with Crippen molar-refractivity contribution in [3.05, 3.63) is 114 Å². The van der Waals surface area contributed by atoms with Gasteiger partial charge in [-0.3, -0.25) is 9.69 Å². The fourth-order valence-electron chi connectivity index (χ4n) is 4.92. The molecule has 1 aromatic heterocycles. The van der Waals surface area contributed by atoms with Crippen molar-refractivity contribution in [3.8, 4) is 16.9 Å². The quantitative estimate of drug-likeness (QED) is 0.378. The second-order valence-corrected chi connectivity index (χ2v) is 9.22. The third kappa shape index (κ3) is 5.20. The Morgan fingerprint density at radius 3 is 2.20 bits per heavy atom. The Morgan fingerprint density at radius 1 is 0.914 bits per heavy atom. The van der Waals surface area contributed by atoms with Gasteiger partial charge in [0.25, 0.3) is 5.91 Å². The Morgan fingerprint density at radius 2 is 1.54 bits per heavy atom. The lowest BCUT2D eigenvalue weighted by molar-refractivity contribution is 0.0908. The minimum atomic E-state index is -0.281. The van der Waals surface area contributed by atoms with Gasteiger partial charge >= 0.3 is 0 Å². The Labute approximate surface area is 206 Å². The molecule has 0 bridgehead atoms. The fourth-order valence-corrected chi connectivity index (χ4v) is 4.92. The Hall–Kier alpha value is -3.70. The molecule has 1 aliphatic heterocycles. The molecule has 178 valence electrons. The number of carbonyl (C=O) groups excluding carboxylic acids is 1. The summed E-state index contributed by atoms with van der Waals surface area (Å²) in [6, 6.07) is 29.0. The number of likely N-dealkylation sites (tertiary alicyclic amines) is 1.